The molecule has 0 bridgehead atoms. The zero-order chi connectivity index (χ0) is 22.4. The predicted molar refractivity (Wildman–Crippen MR) is 122 cm³/mol. The molecule has 0 aliphatic rings. The molecule has 0 N–H and O–H groups in total. The quantitative estimate of drug-likeness (QED) is 0.511. The van der Waals surface area contributed by atoms with Gasteiger partial charge in [-0.1, -0.05) is 48.0 Å². The predicted octanol–water partition coefficient (Wildman–Crippen LogP) is 4.94. The van der Waals surface area contributed by atoms with Gasteiger partial charge in [0.1, 0.15) is 5.75 Å². The summed E-state index contributed by atoms with van der Waals surface area (Å²) in [6.45, 7) is 4.01. The maximum atomic E-state index is 12.5. The molecule has 31 heavy (non-hydrogen) atoms. The van der Waals surface area contributed by atoms with Gasteiger partial charge in [-0.05, 0) is 47.9 Å². The lowest BCUT2D eigenvalue weighted by atomic mass is 9.94. The number of hydrogen-bond donors (Lipinski definition) is 0. The van der Waals surface area contributed by atoms with Crippen LogP contribution in [0, 0.1) is 6.92 Å². The average Bonchev–Trinajstić information content (AvgIpc) is 2.77. The second-order valence-electron chi connectivity index (χ2n) is 7.39. The van der Waals surface area contributed by atoms with Crippen LogP contribution in [-0.2, 0) is 27.3 Å². The van der Waals surface area contributed by atoms with Gasteiger partial charge in [-0.3, -0.25) is 9.59 Å². The minimum Gasteiger partial charge on any atom is -0.496 e. The molecule has 0 aliphatic carbocycles. The SMILES string of the molecule is COC(=O)Cc1ccc(OC)c(-c2ccc(C)cc2CN(C(C)=O)c2ccccc2)c1. The summed E-state index contributed by atoms with van der Waals surface area (Å²) in [4.78, 5) is 26.0. The third-order valence-electron chi connectivity index (χ3n) is 5.17. The summed E-state index contributed by atoms with van der Waals surface area (Å²) >= 11 is 0. The third kappa shape index (κ3) is 5.31. The molecule has 0 atom stereocenters. The Morgan fingerprint density at radius 1 is 0.903 bits per heavy atom. The molecule has 3 aromatic rings. The number of amides is 1. The molecule has 0 unspecified atom stereocenters. The van der Waals surface area contributed by atoms with E-state index in [1.165, 1.54) is 7.11 Å². The first kappa shape index (κ1) is 22.1. The maximum Gasteiger partial charge on any atom is 0.309 e. The highest BCUT2D eigenvalue weighted by atomic mass is 16.5. The van der Waals surface area contributed by atoms with Gasteiger partial charge in [-0.2, -0.15) is 0 Å². The highest BCUT2D eigenvalue weighted by Crippen LogP contribution is 2.35. The molecule has 0 saturated heterocycles. The summed E-state index contributed by atoms with van der Waals surface area (Å²) in [5.74, 6) is 0.366. The summed E-state index contributed by atoms with van der Waals surface area (Å²) in [5.41, 5.74) is 5.59. The Bertz CT molecular complexity index is 1080. The highest BCUT2D eigenvalue weighted by molar-refractivity contribution is 5.92. The Morgan fingerprint density at radius 3 is 2.29 bits per heavy atom. The summed E-state index contributed by atoms with van der Waals surface area (Å²) in [7, 11) is 3.00. The standard InChI is InChI=1S/C26H27NO4/c1-18-10-12-23(24-15-20(16-26(29)31-4)11-13-25(24)30-3)21(14-18)17-27(19(2)28)22-8-6-5-7-9-22/h5-15H,16-17H2,1-4H3. The van der Waals surface area contributed by atoms with Crippen LogP contribution in [-0.4, -0.2) is 26.1 Å². The maximum absolute atomic E-state index is 12.5. The number of rotatable bonds is 7. The number of benzene rings is 3. The number of nitrogens with zero attached hydrogens (tertiary/aromatic N) is 1. The van der Waals surface area contributed by atoms with E-state index in [0.717, 1.165) is 33.5 Å². The highest BCUT2D eigenvalue weighted by Gasteiger charge is 2.18. The van der Waals surface area contributed by atoms with Crippen molar-refractivity contribution in [2.24, 2.45) is 0 Å². The molecular weight excluding hydrogens is 390 g/mol. The van der Waals surface area contributed by atoms with Gasteiger partial charge >= 0.3 is 5.97 Å². The fourth-order valence-electron chi connectivity index (χ4n) is 3.59. The van der Waals surface area contributed by atoms with Crippen molar-refractivity contribution in [3.8, 4) is 16.9 Å². The van der Waals surface area contributed by atoms with Crippen LogP contribution in [0.4, 0.5) is 5.69 Å². The van der Waals surface area contributed by atoms with Crippen LogP contribution in [0.3, 0.4) is 0 Å². The summed E-state index contributed by atoms with van der Waals surface area (Å²) in [6.07, 6.45) is 0.179. The lowest BCUT2D eigenvalue weighted by Crippen LogP contribution is -2.28. The Balaban J connectivity index is 2.08. The van der Waals surface area contributed by atoms with Crippen LogP contribution in [0.5, 0.6) is 5.75 Å². The number of para-hydroxylation sites is 1. The number of methoxy groups -OCH3 is 2. The second kappa shape index (κ2) is 9.94. The van der Waals surface area contributed by atoms with Crippen LogP contribution < -0.4 is 9.64 Å². The van der Waals surface area contributed by atoms with Crippen molar-refractivity contribution in [3.63, 3.8) is 0 Å². The van der Waals surface area contributed by atoms with Gasteiger partial charge in [0.05, 0.1) is 27.2 Å². The summed E-state index contributed by atoms with van der Waals surface area (Å²) < 4.78 is 10.4. The molecule has 0 aromatic heterocycles. The van der Waals surface area contributed by atoms with Gasteiger partial charge in [-0.15, -0.1) is 0 Å². The van der Waals surface area contributed by atoms with E-state index in [4.69, 9.17) is 9.47 Å². The minimum atomic E-state index is -0.299. The number of aryl methyl sites for hydroxylation is 1. The molecule has 0 radical (unpaired) electrons. The van der Waals surface area contributed by atoms with E-state index in [-0.39, 0.29) is 18.3 Å². The number of carbonyl (C=O) groups is 2. The molecule has 0 saturated carbocycles. The zero-order valence-corrected chi connectivity index (χ0v) is 18.3. The van der Waals surface area contributed by atoms with Gasteiger partial charge in [0, 0.05) is 18.2 Å². The van der Waals surface area contributed by atoms with Crippen molar-refractivity contribution in [1.82, 2.24) is 0 Å². The number of esters is 1. The van der Waals surface area contributed by atoms with Gasteiger partial charge in [-0.25, -0.2) is 0 Å². The molecule has 5 heteroatoms. The molecule has 5 nitrogen and oxygen atoms in total. The van der Waals surface area contributed by atoms with Gasteiger partial charge in [0.2, 0.25) is 5.91 Å². The molecule has 0 aliphatic heterocycles. The van der Waals surface area contributed by atoms with Crippen molar-refractivity contribution in [1.29, 1.82) is 0 Å². The van der Waals surface area contributed by atoms with E-state index in [1.54, 1.807) is 18.9 Å². The number of anilines is 1. The fourth-order valence-corrected chi connectivity index (χ4v) is 3.59. The second-order valence-corrected chi connectivity index (χ2v) is 7.39. The van der Waals surface area contributed by atoms with Gasteiger partial charge < -0.3 is 14.4 Å². The monoisotopic (exact) mass is 417 g/mol. The molecule has 0 spiro atoms. The number of carbonyl (C=O) groups excluding carboxylic acids is 2. The molecule has 0 heterocycles. The van der Waals surface area contributed by atoms with Gasteiger partial charge in [0.15, 0.2) is 0 Å². The topological polar surface area (TPSA) is 55.8 Å². The summed E-state index contributed by atoms with van der Waals surface area (Å²) in [6, 6.07) is 21.4. The largest absolute Gasteiger partial charge is 0.496 e. The van der Waals surface area contributed by atoms with Crippen LogP contribution in [0.1, 0.15) is 23.6 Å². The number of hydrogen-bond acceptors (Lipinski definition) is 4. The fraction of sp³-hybridized carbons (Fsp3) is 0.231. The van der Waals surface area contributed by atoms with Crippen molar-refractivity contribution in [2.75, 3.05) is 19.1 Å². The van der Waals surface area contributed by atoms with E-state index in [1.807, 2.05) is 67.6 Å². The van der Waals surface area contributed by atoms with Crippen molar-refractivity contribution in [3.05, 3.63) is 83.4 Å². The smallest absolute Gasteiger partial charge is 0.309 e. The van der Waals surface area contributed by atoms with Crippen LogP contribution in [0.15, 0.2) is 66.7 Å². The van der Waals surface area contributed by atoms with Crippen molar-refractivity contribution < 1.29 is 19.1 Å². The average molecular weight is 418 g/mol. The van der Waals surface area contributed by atoms with E-state index in [0.29, 0.717) is 12.3 Å². The van der Waals surface area contributed by atoms with Crippen LogP contribution >= 0.6 is 0 Å². The van der Waals surface area contributed by atoms with Crippen LogP contribution in [0.25, 0.3) is 11.1 Å². The lowest BCUT2D eigenvalue weighted by Gasteiger charge is -2.24. The minimum absolute atomic E-state index is 0.0370. The Labute approximate surface area is 183 Å². The van der Waals surface area contributed by atoms with E-state index >= 15 is 0 Å². The van der Waals surface area contributed by atoms with Crippen LogP contribution in [0.2, 0.25) is 0 Å². The van der Waals surface area contributed by atoms with E-state index < -0.39 is 0 Å². The molecule has 160 valence electrons. The first-order chi connectivity index (χ1) is 14.9. The molecule has 1 amide bonds. The molecule has 3 aromatic carbocycles. The Hall–Kier alpha value is -3.60. The van der Waals surface area contributed by atoms with Gasteiger partial charge in [0.25, 0.3) is 0 Å². The zero-order valence-electron chi connectivity index (χ0n) is 18.3. The van der Waals surface area contributed by atoms with Crippen molar-refractivity contribution >= 4 is 17.6 Å². The normalized spacial score (nSPS) is 10.5. The number of ether oxygens (including phenoxy) is 2. The first-order valence-corrected chi connectivity index (χ1v) is 10.1. The Morgan fingerprint density at radius 2 is 1.65 bits per heavy atom. The van der Waals surface area contributed by atoms with E-state index in [9.17, 15) is 9.59 Å². The summed E-state index contributed by atoms with van der Waals surface area (Å²) in [5, 5.41) is 0. The molecule has 0 fully saturated rings. The Kier molecular flexibility index (Phi) is 7.08. The first-order valence-electron chi connectivity index (χ1n) is 10.1. The lowest BCUT2D eigenvalue weighted by molar-refractivity contribution is -0.139. The van der Waals surface area contributed by atoms with Crippen molar-refractivity contribution in [2.45, 2.75) is 26.8 Å². The molecule has 3 rings (SSSR count). The molecular formula is C26H27NO4. The third-order valence-corrected chi connectivity index (χ3v) is 5.17. The van der Waals surface area contributed by atoms with E-state index in [2.05, 4.69) is 6.07 Å².